The molecule has 172 valence electrons. The summed E-state index contributed by atoms with van der Waals surface area (Å²) in [7, 11) is 1.45. The number of halogens is 1. The van der Waals surface area contributed by atoms with E-state index in [1.807, 2.05) is 0 Å². The van der Waals surface area contributed by atoms with Crippen LogP contribution in [0.4, 0.5) is 10.1 Å². The molecule has 4 aromatic rings. The molecular weight excluding hydrogens is 443 g/mol. The second-order valence-electron chi connectivity index (χ2n) is 7.48. The molecular formula is C24H19FN4O5. The number of methoxy groups -OCH3 is 1. The lowest BCUT2D eigenvalue weighted by molar-refractivity contribution is -0.384. The Morgan fingerprint density at radius 1 is 1.15 bits per heavy atom. The van der Waals surface area contributed by atoms with E-state index in [1.54, 1.807) is 12.3 Å². The van der Waals surface area contributed by atoms with Gasteiger partial charge in [0.25, 0.3) is 5.69 Å². The number of ether oxygens (including phenoxy) is 1. The van der Waals surface area contributed by atoms with Crippen LogP contribution in [0.15, 0.2) is 72.9 Å². The number of aromatic nitrogens is 3. The molecule has 4 rings (SSSR count). The van der Waals surface area contributed by atoms with Crippen LogP contribution in [0.5, 0.6) is 11.5 Å². The van der Waals surface area contributed by atoms with Crippen LogP contribution in [-0.2, 0) is 6.42 Å². The Morgan fingerprint density at radius 3 is 2.47 bits per heavy atom. The van der Waals surface area contributed by atoms with Crippen LogP contribution >= 0.6 is 0 Å². The maximum Gasteiger partial charge on any atom is 0.269 e. The second-order valence-corrected chi connectivity index (χ2v) is 7.48. The van der Waals surface area contributed by atoms with Gasteiger partial charge in [-0.3, -0.25) is 14.9 Å². The summed E-state index contributed by atoms with van der Waals surface area (Å²) in [4.78, 5) is 23.8. The summed E-state index contributed by atoms with van der Waals surface area (Å²) in [6, 6.07) is 15.7. The van der Waals surface area contributed by atoms with Crippen LogP contribution in [0.2, 0.25) is 0 Å². The lowest BCUT2D eigenvalue weighted by atomic mass is 9.86. The fourth-order valence-electron chi connectivity index (χ4n) is 3.55. The number of carbonyl (C=O) groups is 1. The number of nitro groups is 1. The number of rotatable bonds is 8. The number of carbonyl (C=O) groups excluding carboxylic acids is 1. The highest BCUT2D eigenvalue weighted by molar-refractivity contribution is 6.03. The van der Waals surface area contributed by atoms with Gasteiger partial charge in [0, 0.05) is 24.6 Å². The number of nitrogens with zero attached hydrogens (tertiary/aromatic N) is 4. The van der Waals surface area contributed by atoms with Crippen LogP contribution < -0.4 is 4.74 Å². The van der Waals surface area contributed by atoms with Crippen molar-refractivity contribution in [1.82, 2.24) is 15.0 Å². The minimum absolute atomic E-state index is 0.0506. The molecule has 10 heteroatoms. The lowest BCUT2D eigenvalue weighted by Gasteiger charge is -2.16. The SMILES string of the molecule is COc1ccc(C(=O)C(Cc2cn(-c3ccc([N+](=O)[O-])cc3)nn2)c2ccc(F)cc2)c(O)c1. The van der Waals surface area contributed by atoms with Gasteiger partial charge in [0.2, 0.25) is 0 Å². The molecule has 0 saturated carbocycles. The molecule has 9 nitrogen and oxygen atoms in total. The van der Waals surface area contributed by atoms with Crippen LogP contribution in [0.25, 0.3) is 5.69 Å². The molecule has 0 radical (unpaired) electrons. The van der Waals surface area contributed by atoms with Crippen LogP contribution in [0, 0.1) is 15.9 Å². The summed E-state index contributed by atoms with van der Waals surface area (Å²) in [5, 5.41) is 29.4. The van der Waals surface area contributed by atoms with Crippen molar-refractivity contribution in [3.05, 3.63) is 106 Å². The van der Waals surface area contributed by atoms with E-state index in [-0.39, 0.29) is 29.2 Å². The van der Waals surface area contributed by atoms with Gasteiger partial charge in [0.05, 0.1) is 41.1 Å². The molecule has 1 aromatic heterocycles. The molecule has 0 aliphatic rings. The number of Topliss-reactive ketones (excluding diaryl/α,β-unsaturated/α-hetero) is 1. The Labute approximate surface area is 193 Å². The first-order valence-corrected chi connectivity index (χ1v) is 10.2. The van der Waals surface area contributed by atoms with Gasteiger partial charge >= 0.3 is 0 Å². The number of aromatic hydroxyl groups is 1. The standard InChI is InChI=1S/C24H19FN4O5/c1-34-20-10-11-21(23(30)13-20)24(31)22(15-2-4-16(25)5-3-15)12-17-14-28(27-26-17)18-6-8-19(9-7-18)29(32)33/h2-11,13-14,22,30H,12H2,1H3. The predicted molar refractivity (Wildman–Crippen MR) is 120 cm³/mol. The van der Waals surface area contributed by atoms with Gasteiger partial charge in [-0.05, 0) is 42.0 Å². The molecule has 1 unspecified atom stereocenters. The van der Waals surface area contributed by atoms with Crippen molar-refractivity contribution >= 4 is 11.5 Å². The van der Waals surface area contributed by atoms with E-state index in [1.165, 1.54) is 72.5 Å². The summed E-state index contributed by atoms with van der Waals surface area (Å²) in [6.45, 7) is 0. The smallest absolute Gasteiger partial charge is 0.269 e. The van der Waals surface area contributed by atoms with E-state index < -0.39 is 16.7 Å². The van der Waals surface area contributed by atoms with Crippen molar-refractivity contribution in [3.63, 3.8) is 0 Å². The Kier molecular flexibility index (Phi) is 6.30. The van der Waals surface area contributed by atoms with Crippen molar-refractivity contribution in [1.29, 1.82) is 0 Å². The van der Waals surface area contributed by atoms with Crippen molar-refractivity contribution in [2.75, 3.05) is 7.11 Å². The quantitative estimate of drug-likeness (QED) is 0.236. The first kappa shape index (κ1) is 22.6. The summed E-state index contributed by atoms with van der Waals surface area (Å²) < 4.78 is 20.0. The number of nitro benzene ring substituents is 1. The number of non-ortho nitro benzene ring substituents is 1. The topological polar surface area (TPSA) is 120 Å². The number of phenolic OH excluding ortho intramolecular Hbond substituents is 1. The highest BCUT2D eigenvalue weighted by Gasteiger charge is 2.26. The third-order valence-electron chi connectivity index (χ3n) is 5.34. The van der Waals surface area contributed by atoms with Crippen molar-refractivity contribution < 1.29 is 24.0 Å². The monoisotopic (exact) mass is 462 g/mol. The first-order chi connectivity index (χ1) is 16.4. The largest absolute Gasteiger partial charge is 0.507 e. The zero-order valence-corrected chi connectivity index (χ0v) is 18.0. The Balaban J connectivity index is 1.65. The normalized spacial score (nSPS) is 11.7. The Bertz CT molecular complexity index is 1340. The van der Waals surface area contributed by atoms with Gasteiger partial charge in [-0.1, -0.05) is 17.3 Å². The Hall–Kier alpha value is -4.60. The fraction of sp³-hybridized carbons (Fsp3) is 0.125. The van der Waals surface area contributed by atoms with Crippen molar-refractivity contribution in [3.8, 4) is 17.2 Å². The van der Waals surface area contributed by atoms with Gasteiger partial charge in [-0.15, -0.1) is 5.10 Å². The molecule has 0 amide bonds. The Morgan fingerprint density at radius 2 is 1.85 bits per heavy atom. The molecule has 0 saturated heterocycles. The number of ketones is 1. The van der Waals surface area contributed by atoms with E-state index in [2.05, 4.69) is 10.3 Å². The third-order valence-corrected chi connectivity index (χ3v) is 5.34. The number of phenols is 1. The van der Waals surface area contributed by atoms with Gasteiger partial charge < -0.3 is 9.84 Å². The molecule has 1 N–H and O–H groups in total. The molecule has 3 aromatic carbocycles. The maximum atomic E-state index is 13.5. The molecule has 1 atom stereocenters. The third kappa shape index (κ3) is 4.75. The molecule has 0 fully saturated rings. The van der Waals surface area contributed by atoms with Crippen molar-refractivity contribution in [2.24, 2.45) is 0 Å². The second kappa shape index (κ2) is 9.49. The van der Waals surface area contributed by atoms with Gasteiger partial charge in [-0.2, -0.15) is 0 Å². The predicted octanol–water partition coefficient (Wildman–Crippen LogP) is 4.24. The summed E-state index contributed by atoms with van der Waals surface area (Å²) in [5.41, 5.74) is 1.62. The van der Waals surface area contributed by atoms with Crippen molar-refractivity contribution in [2.45, 2.75) is 12.3 Å². The zero-order valence-electron chi connectivity index (χ0n) is 18.0. The van der Waals surface area contributed by atoms with E-state index in [0.29, 0.717) is 22.7 Å². The summed E-state index contributed by atoms with van der Waals surface area (Å²) >= 11 is 0. The molecule has 0 spiro atoms. The van der Waals surface area contributed by atoms with Crippen LogP contribution in [0.3, 0.4) is 0 Å². The summed E-state index contributed by atoms with van der Waals surface area (Å²) in [5.74, 6) is -1.42. The molecule has 0 aliphatic carbocycles. The molecule has 1 heterocycles. The van der Waals surface area contributed by atoms with Crippen LogP contribution in [0.1, 0.15) is 27.5 Å². The van der Waals surface area contributed by atoms with Gasteiger partial charge in [-0.25, -0.2) is 9.07 Å². The molecule has 0 aliphatic heterocycles. The van der Waals surface area contributed by atoms with E-state index >= 15 is 0 Å². The maximum absolute atomic E-state index is 13.5. The van der Waals surface area contributed by atoms with E-state index in [4.69, 9.17) is 4.74 Å². The number of benzene rings is 3. The number of hydrogen-bond donors (Lipinski definition) is 1. The lowest BCUT2D eigenvalue weighted by Crippen LogP contribution is -2.16. The van der Waals surface area contributed by atoms with Gasteiger partial charge in [0.1, 0.15) is 17.3 Å². The minimum Gasteiger partial charge on any atom is -0.507 e. The summed E-state index contributed by atoms with van der Waals surface area (Å²) in [6.07, 6.45) is 1.74. The van der Waals surface area contributed by atoms with E-state index in [9.17, 15) is 24.4 Å². The number of hydrogen-bond acceptors (Lipinski definition) is 7. The highest BCUT2D eigenvalue weighted by Crippen LogP contribution is 2.31. The van der Waals surface area contributed by atoms with Crippen LogP contribution in [-0.4, -0.2) is 37.9 Å². The minimum atomic E-state index is -0.776. The first-order valence-electron chi connectivity index (χ1n) is 10.2. The van der Waals surface area contributed by atoms with Gasteiger partial charge in [0.15, 0.2) is 5.78 Å². The van der Waals surface area contributed by atoms with E-state index in [0.717, 1.165) is 0 Å². The highest BCUT2D eigenvalue weighted by atomic mass is 19.1. The zero-order chi connectivity index (χ0) is 24.2. The average molecular weight is 462 g/mol. The average Bonchev–Trinajstić information content (AvgIpc) is 3.31. The molecule has 0 bridgehead atoms. The fourth-order valence-corrected chi connectivity index (χ4v) is 3.55. The molecule has 34 heavy (non-hydrogen) atoms.